The normalized spacial score (nSPS) is 0. The molecule has 0 aliphatic heterocycles. The van der Waals surface area contributed by atoms with Gasteiger partial charge in [0.1, 0.15) is 0 Å². The summed E-state index contributed by atoms with van der Waals surface area (Å²) in [4.78, 5) is 0. The van der Waals surface area contributed by atoms with Gasteiger partial charge in [-0.25, -0.2) is 0 Å². The first-order valence-electron chi connectivity index (χ1n) is 0. The second kappa shape index (κ2) is 15.7. The molecule has 22 valence electrons. The minimum atomic E-state index is 0. The van der Waals surface area contributed by atoms with Gasteiger partial charge in [0, 0.05) is 135 Å². The fourth-order valence-electron chi connectivity index (χ4n) is 0. The van der Waals surface area contributed by atoms with E-state index >= 15 is 0 Å². The molecule has 0 atom stereocenters. The van der Waals surface area contributed by atoms with E-state index in [0.29, 0.717) is 0 Å². The molecule has 0 spiro atoms. The first-order chi connectivity index (χ1) is 0. The summed E-state index contributed by atoms with van der Waals surface area (Å²) in [5.74, 6) is 0. The van der Waals surface area contributed by atoms with Crippen LogP contribution in [0.1, 0.15) is 0 Å². The number of hydrogen-bond acceptors (Lipinski definition) is 0. The predicted octanol–water partition coefficient (Wildman–Crippen LogP) is -0.00250. The molecule has 0 aromatic heterocycles. The zero-order valence-electron chi connectivity index (χ0n) is 1.82. The van der Waals surface area contributed by atoms with E-state index in [9.17, 15) is 0 Å². The van der Waals surface area contributed by atoms with Gasteiger partial charge in [-0.3, -0.25) is 0 Å². The van der Waals surface area contributed by atoms with Gasteiger partial charge in [-0.1, -0.05) is 0 Å². The molecule has 0 saturated carbocycles. The Bertz CT molecular complexity index is 8.00. The van der Waals surface area contributed by atoms with Crippen LogP contribution in [0.4, 0.5) is 0 Å². The summed E-state index contributed by atoms with van der Waals surface area (Å²) in [5, 5.41) is 0. The molecule has 0 aromatic carbocycles. The van der Waals surface area contributed by atoms with Gasteiger partial charge in [-0.05, 0) is 0 Å². The van der Waals surface area contributed by atoms with Crippen LogP contribution >= 0.6 is 0 Å². The first-order valence-corrected chi connectivity index (χ1v) is 0. The molecular formula is CeCoLaSm. The van der Waals surface area contributed by atoms with Crippen molar-refractivity contribution in [1.29, 1.82) is 0 Å². The van der Waals surface area contributed by atoms with Crippen LogP contribution in [0.2, 0.25) is 0 Å². The average molecular weight is 488 g/mol. The van der Waals surface area contributed by atoms with E-state index in [1.165, 1.54) is 0 Å². The van der Waals surface area contributed by atoms with Crippen molar-refractivity contribution in [1.82, 2.24) is 0 Å². The fourth-order valence-corrected chi connectivity index (χ4v) is 0. The van der Waals surface area contributed by atoms with Gasteiger partial charge >= 0.3 is 0 Å². The Balaban J connectivity index is 0. The standard InChI is InChI=1S/Ce.Co.La.Sm. The van der Waals surface area contributed by atoms with E-state index in [1.54, 1.807) is 0 Å². The van der Waals surface area contributed by atoms with Crippen molar-refractivity contribution >= 4 is 0 Å². The van der Waals surface area contributed by atoms with Crippen LogP contribution in [-0.4, -0.2) is 0 Å². The molecule has 0 rings (SSSR count). The largest absolute Gasteiger partial charge is 0 e. The maximum Gasteiger partial charge on any atom is 0 e. The first kappa shape index (κ1) is 23.7. The quantitative estimate of drug-likeness (QED) is 0.451. The van der Waals surface area contributed by atoms with Crippen LogP contribution in [0.25, 0.3) is 0 Å². The molecule has 4 heavy (non-hydrogen) atoms. The third kappa shape index (κ3) is 9.65. The summed E-state index contributed by atoms with van der Waals surface area (Å²) in [6.07, 6.45) is 0. The van der Waals surface area contributed by atoms with Crippen molar-refractivity contribution in [3.63, 3.8) is 0 Å². The molecule has 0 aliphatic rings. The third-order valence-corrected chi connectivity index (χ3v) is 0. The van der Waals surface area contributed by atoms with Crippen molar-refractivity contribution in [2.24, 2.45) is 0 Å². The fraction of sp³-hybridized carbons (Fsp3) is 0. The van der Waals surface area contributed by atoms with E-state index in [4.69, 9.17) is 0 Å². The number of rotatable bonds is 0. The summed E-state index contributed by atoms with van der Waals surface area (Å²) in [6.45, 7) is 0. The van der Waals surface area contributed by atoms with Crippen molar-refractivity contribution in [2.45, 2.75) is 0 Å². The van der Waals surface area contributed by atoms with Crippen molar-refractivity contribution in [3.05, 3.63) is 0 Å². The third-order valence-electron chi connectivity index (χ3n) is 0. The van der Waals surface area contributed by atoms with E-state index in [1.807, 2.05) is 0 Å². The molecule has 2 radical (unpaired) electrons. The Labute approximate surface area is 130 Å². The summed E-state index contributed by atoms with van der Waals surface area (Å²) < 4.78 is 0. The molecule has 0 heterocycles. The summed E-state index contributed by atoms with van der Waals surface area (Å²) >= 11 is 0. The van der Waals surface area contributed by atoms with Gasteiger partial charge in [0.2, 0.25) is 0 Å². The Morgan fingerprint density at radius 2 is 1.00 bits per heavy atom. The van der Waals surface area contributed by atoms with E-state index in [-0.39, 0.29) is 135 Å². The summed E-state index contributed by atoms with van der Waals surface area (Å²) in [5.41, 5.74) is 0. The van der Waals surface area contributed by atoms with Crippen molar-refractivity contribution in [3.8, 4) is 0 Å². The molecule has 0 saturated heterocycles. The molecule has 0 aromatic rings. The van der Waals surface area contributed by atoms with Crippen LogP contribution in [0.15, 0.2) is 0 Å². The van der Waals surface area contributed by atoms with Crippen molar-refractivity contribution < 1.29 is 135 Å². The van der Waals surface area contributed by atoms with Crippen LogP contribution in [0.3, 0.4) is 0 Å². The molecule has 0 unspecified atom stereocenters. The minimum absolute atomic E-state index is 0. The molecule has 0 N–H and O–H groups in total. The topological polar surface area (TPSA) is 0 Å². The number of hydrogen-bond donors (Lipinski definition) is 0. The molecule has 0 amide bonds. The Kier molecular flexibility index (Phi) is 92.9. The second-order valence-corrected chi connectivity index (χ2v) is 0. The monoisotopic (exact) mass is 490 g/mol. The van der Waals surface area contributed by atoms with E-state index in [0.717, 1.165) is 0 Å². The Morgan fingerprint density at radius 1 is 1.00 bits per heavy atom. The van der Waals surface area contributed by atoms with Gasteiger partial charge in [0.05, 0.1) is 0 Å². The summed E-state index contributed by atoms with van der Waals surface area (Å²) in [6, 6.07) is 0. The van der Waals surface area contributed by atoms with Crippen LogP contribution in [0.5, 0.6) is 0 Å². The maximum atomic E-state index is 0. The van der Waals surface area contributed by atoms with Gasteiger partial charge in [0.15, 0.2) is 0 Å². The van der Waals surface area contributed by atoms with Crippen LogP contribution < -0.4 is 0 Å². The van der Waals surface area contributed by atoms with Crippen LogP contribution in [-0.2, 0) is 16.8 Å². The van der Waals surface area contributed by atoms with Gasteiger partial charge in [-0.15, -0.1) is 0 Å². The SMILES string of the molecule is [Ce].[Co].[La].[Sm]. The molecule has 0 fully saturated rings. The maximum absolute atomic E-state index is 0. The second-order valence-electron chi connectivity index (χ2n) is 0. The van der Waals surface area contributed by atoms with E-state index in [2.05, 4.69) is 0 Å². The average Bonchev–Trinajstić information content (AvgIpc) is 0. The molecule has 0 aliphatic carbocycles. The molecule has 4 heteroatoms. The molecule has 0 nitrogen and oxygen atoms in total. The Hall–Kier alpha value is 4.42. The minimum Gasteiger partial charge on any atom is 0 e. The zero-order chi connectivity index (χ0) is 0. The van der Waals surface area contributed by atoms with Crippen LogP contribution in [0, 0.1) is 118 Å². The Morgan fingerprint density at radius 3 is 1.00 bits per heavy atom. The smallest absolute Gasteiger partial charge is 0 e. The van der Waals surface area contributed by atoms with Gasteiger partial charge in [-0.2, -0.15) is 0 Å². The van der Waals surface area contributed by atoms with Crippen molar-refractivity contribution in [2.75, 3.05) is 0 Å². The zero-order valence-corrected chi connectivity index (χ0v) is 12.2. The van der Waals surface area contributed by atoms with Gasteiger partial charge in [0.25, 0.3) is 0 Å². The summed E-state index contributed by atoms with van der Waals surface area (Å²) in [7, 11) is 0. The predicted molar refractivity (Wildman–Crippen MR) is 0 cm³/mol. The molecular weight excluding hydrogens is 488 g/mol. The van der Waals surface area contributed by atoms with Gasteiger partial charge < -0.3 is 0 Å². The molecule has 0 bridgehead atoms. The van der Waals surface area contributed by atoms with E-state index < -0.39 is 0 Å².